The number of carboxylic acids is 1. The van der Waals surface area contributed by atoms with E-state index >= 15 is 0 Å². The molecule has 1 aliphatic rings. The van der Waals surface area contributed by atoms with Crippen molar-refractivity contribution in [1.82, 2.24) is 13.9 Å². The third-order valence-electron chi connectivity index (χ3n) is 3.01. The van der Waals surface area contributed by atoms with Crippen LogP contribution < -0.4 is 4.72 Å². The first-order chi connectivity index (χ1) is 8.24. The number of hydrogen-bond acceptors (Lipinski definition) is 4. The lowest BCUT2D eigenvalue weighted by molar-refractivity contribution is -0.140. The van der Waals surface area contributed by atoms with Crippen molar-refractivity contribution in [3.05, 3.63) is 0 Å². The second kappa shape index (κ2) is 5.96. The van der Waals surface area contributed by atoms with Crippen molar-refractivity contribution < 1.29 is 18.3 Å². The Kier molecular flexibility index (Phi) is 5.09. The molecular formula is C10H21N3O4S. The number of piperazine rings is 1. The summed E-state index contributed by atoms with van der Waals surface area (Å²) in [7, 11) is -1.80. The van der Waals surface area contributed by atoms with Crippen LogP contribution in [0.4, 0.5) is 0 Å². The summed E-state index contributed by atoms with van der Waals surface area (Å²) in [6.07, 6.45) is 0. The van der Waals surface area contributed by atoms with Crippen LogP contribution in [0.2, 0.25) is 0 Å². The Morgan fingerprint density at radius 3 is 2.11 bits per heavy atom. The first-order valence-electron chi connectivity index (χ1n) is 5.93. The van der Waals surface area contributed by atoms with Gasteiger partial charge in [0.25, 0.3) is 10.2 Å². The van der Waals surface area contributed by atoms with Gasteiger partial charge in [-0.25, -0.2) is 0 Å². The Balaban J connectivity index is 2.72. The van der Waals surface area contributed by atoms with Gasteiger partial charge in [0.2, 0.25) is 0 Å². The molecule has 0 aromatic heterocycles. The maximum absolute atomic E-state index is 12.0. The van der Waals surface area contributed by atoms with Gasteiger partial charge in [0.1, 0.15) is 6.04 Å². The fourth-order valence-corrected chi connectivity index (χ4v) is 3.22. The zero-order chi connectivity index (χ0) is 13.9. The summed E-state index contributed by atoms with van der Waals surface area (Å²) in [4.78, 5) is 13.0. The van der Waals surface area contributed by atoms with E-state index in [1.54, 1.807) is 13.8 Å². The zero-order valence-corrected chi connectivity index (χ0v) is 11.8. The lowest BCUT2D eigenvalue weighted by atomic mass is 10.1. The summed E-state index contributed by atoms with van der Waals surface area (Å²) >= 11 is 0. The lowest BCUT2D eigenvalue weighted by Crippen LogP contribution is -2.55. The number of hydrogen-bond donors (Lipinski definition) is 2. The average molecular weight is 279 g/mol. The molecular weight excluding hydrogens is 258 g/mol. The van der Waals surface area contributed by atoms with E-state index in [9.17, 15) is 13.2 Å². The third-order valence-corrected chi connectivity index (χ3v) is 4.61. The van der Waals surface area contributed by atoms with E-state index in [0.29, 0.717) is 26.2 Å². The topological polar surface area (TPSA) is 90.0 Å². The van der Waals surface area contributed by atoms with Crippen LogP contribution in [-0.2, 0) is 15.0 Å². The van der Waals surface area contributed by atoms with Gasteiger partial charge in [-0.2, -0.15) is 17.4 Å². The standard InChI is InChI=1S/C10H21N3O4S/c1-8(2)9(10(14)15)11-18(16,17)13-6-4-12(3)5-7-13/h8-9,11H,4-7H2,1-3H3,(H,14,15). The van der Waals surface area contributed by atoms with E-state index in [1.165, 1.54) is 4.31 Å². The molecule has 1 rings (SSSR count). The van der Waals surface area contributed by atoms with Crippen LogP contribution in [0.3, 0.4) is 0 Å². The minimum Gasteiger partial charge on any atom is -0.480 e. The van der Waals surface area contributed by atoms with E-state index in [-0.39, 0.29) is 5.92 Å². The molecule has 1 aliphatic heterocycles. The number of likely N-dealkylation sites (N-methyl/N-ethyl adjacent to an activating group) is 1. The van der Waals surface area contributed by atoms with Crippen LogP contribution in [0.25, 0.3) is 0 Å². The highest BCUT2D eigenvalue weighted by Gasteiger charge is 2.32. The predicted molar refractivity (Wildman–Crippen MR) is 67.4 cm³/mol. The lowest BCUT2D eigenvalue weighted by Gasteiger charge is -2.32. The summed E-state index contributed by atoms with van der Waals surface area (Å²) in [6.45, 7) is 5.42. The minimum atomic E-state index is -3.72. The maximum Gasteiger partial charge on any atom is 0.322 e. The molecule has 2 N–H and O–H groups in total. The predicted octanol–water partition coefficient (Wildman–Crippen LogP) is -0.823. The van der Waals surface area contributed by atoms with Crippen LogP contribution in [0, 0.1) is 5.92 Å². The van der Waals surface area contributed by atoms with Crippen molar-refractivity contribution in [1.29, 1.82) is 0 Å². The van der Waals surface area contributed by atoms with E-state index in [1.807, 2.05) is 11.9 Å². The Bertz CT molecular complexity index is 388. The number of carboxylic acid groups (broad SMARTS) is 1. The first-order valence-corrected chi connectivity index (χ1v) is 7.37. The molecule has 0 spiro atoms. The number of rotatable bonds is 5. The fraction of sp³-hybridized carbons (Fsp3) is 0.900. The molecule has 0 aromatic carbocycles. The van der Waals surface area contributed by atoms with E-state index < -0.39 is 22.2 Å². The normalized spacial score (nSPS) is 21.1. The van der Waals surface area contributed by atoms with E-state index in [0.717, 1.165) is 0 Å². The van der Waals surface area contributed by atoms with Gasteiger partial charge < -0.3 is 10.0 Å². The van der Waals surface area contributed by atoms with Crippen LogP contribution in [0.1, 0.15) is 13.8 Å². The SMILES string of the molecule is CC(C)C(NS(=O)(=O)N1CCN(C)CC1)C(=O)O. The van der Waals surface area contributed by atoms with Crippen molar-refractivity contribution >= 4 is 16.2 Å². The molecule has 0 amide bonds. The molecule has 106 valence electrons. The second-order valence-electron chi connectivity index (χ2n) is 4.89. The van der Waals surface area contributed by atoms with Crippen LogP contribution >= 0.6 is 0 Å². The van der Waals surface area contributed by atoms with Crippen molar-refractivity contribution in [2.24, 2.45) is 5.92 Å². The van der Waals surface area contributed by atoms with E-state index in [2.05, 4.69) is 4.72 Å². The van der Waals surface area contributed by atoms with E-state index in [4.69, 9.17) is 5.11 Å². The molecule has 1 unspecified atom stereocenters. The number of nitrogens with one attached hydrogen (secondary N) is 1. The molecule has 1 atom stereocenters. The molecule has 8 heteroatoms. The van der Waals surface area contributed by atoms with Gasteiger partial charge in [0.05, 0.1) is 0 Å². The Morgan fingerprint density at radius 1 is 1.22 bits per heavy atom. The Morgan fingerprint density at radius 2 is 1.72 bits per heavy atom. The highest BCUT2D eigenvalue weighted by Crippen LogP contribution is 2.09. The first kappa shape index (κ1) is 15.4. The third kappa shape index (κ3) is 3.91. The van der Waals surface area contributed by atoms with Crippen LogP contribution in [-0.4, -0.2) is 68.0 Å². The Hall–Kier alpha value is -0.700. The van der Waals surface area contributed by atoms with Crippen LogP contribution in [0.5, 0.6) is 0 Å². The molecule has 0 bridgehead atoms. The quantitative estimate of drug-likeness (QED) is 0.686. The molecule has 1 saturated heterocycles. The van der Waals surface area contributed by atoms with Crippen molar-refractivity contribution in [2.75, 3.05) is 33.2 Å². The Labute approximate surface area is 108 Å². The van der Waals surface area contributed by atoms with Crippen molar-refractivity contribution in [3.8, 4) is 0 Å². The second-order valence-corrected chi connectivity index (χ2v) is 6.59. The summed E-state index contributed by atoms with van der Waals surface area (Å²) < 4.78 is 27.6. The monoisotopic (exact) mass is 279 g/mol. The molecule has 0 aliphatic carbocycles. The highest BCUT2D eigenvalue weighted by molar-refractivity contribution is 7.87. The van der Waals surface area contributed by atoms with Gasteiger partial charge in [-0.15, -0.1) is 0 Å². The van der Waals surface area contributed by atoms with Crippen LogP contribution in [0.15, 0.2) is 0 Å². The van der Waals surface area contributed by atoms with Gasteiger partial charge in [0, 0.05) is 26.2 Å². The molecule has 0 radical (unpaired) electrons. The van der Waals surface area contributed by atoms with Gasteiger partial charge in [-0.1, -0.05) is 13.8 Å². The van der Waals surface area contributed by atoms with Gasteiger partial charge in [-0.3, -0.25) is 4.79 Å². The molecule has 0 saturated carbocycles. The molecule has 18 heavy (non-hydrogen) atoms. The molecule has 1 heterocycles. The minimum absolute atomic E-state index is 0.301. The largest absolute Gasteiger partial charge is 0.480 e. The summed E-state index contributed by atoms with van der Waals surface area (Å²) in [5.41, 5.74) is 0. The molecule has 0 aromatic rings. The van der Waals surface area contributed by atoms with Gasteiger partial charge >= 0.3 is 5.97 Å². The number of carbonyl (C=O) groups is 1. The summed E-state index contributed by atoms with van der Waals surface area (Å²) in [5, 5.41) is 8.99. The molecule has 1 fully saturated rings. The smallest absolute Gasteiger partial charge is 0.322 e. The zero-order valence-electron chi connectivity index (χ0n) is 11.0. The highest BCUT2D eigenvalue weighted by atomic mass is 32.2. The average Bonchev–Trinajstić information content (AvgIpc) is 2.26. The summed E-state index contributed by atoms with van der Waals surface area (Å²) in [6, 6.07) is -1.09. The van der Waals surface area contributed by atoms with Gasteiger partial charge in [-0.05, 0) is 13.0 Å². The maximum atomic E-state index is 12.0. The molecule has 7 nitrogen and oxygen atoms in total. The fourth-order valence-electron chi connectivity index (χ4n) is 1.74. The summed E-state index contributed by atoms with van der Waals surface area (Å²) in [5.74, 6) is -1.45. The van der Waals surface area contributed by atoms with Gasteiger partial charge in [0.15, 0.2) is 0 Å². The van der Waals surface area contributed by atoms with Crippen molar-refractivity contribution in [3.63, 3.8) is 0 Å². The van der Waals surface area contributed by atoms with Crippen molar-refractivity contribution in [2.45, 2.75) is 19.9 Å². The number of aliphatic carboxylic acids is 1. The number of nitrogens with zero attached hydrogens (tertiary/aromatic N) is 2.